The molecule has 0 spiro atoms. The molecule has 0 fully saturated rings. The molecule has 0 aliphatic carbocycles. The van der Waals surface area contributed by atoms with Gasteiger partial charge in [0, 0.05) is 49.4 Å². The van der Waals surface area contributed by atoms with Crippen molar-refractivity contribution in [2.75, 3.05) is 16.9 Å². The number of methoxy groups -OCH3 is 1. The Morgan fingerprint density at radius 1 is 0.705 bits per heavy atom. The van der Waals surface area contributed by atoms with Crippen molar-refractivity contribution in [3.63, 3.8) is 0 Å². The summed E-state index contributed by atoms with van der Waals surface area (Å²) in [5.41, 5.74) is 7.47. The van der Waals surface area contributed by atoms with Crippen LogP contribution in [0.15, 0.2) is 123 Å². The van der Waals surface area contributed by atoms with Gasteiger partial charge in [0.2, 0.25) is 5.88 Å². The van der Waals surface area contributed by atoms with Gasteiger partial charge in [-0.3, -0.25) is 9.80 Å². The first-order chi connectivity index (χ1) is 21.8. The highest BCUT2D eigenvalue weighted by Gasteiger charge is 2.48. The van der Waals surface area contributed by atoms with Crippen molar-refractivity contribution in [2.45, 2.75) is 19.7 Å². The van der Waals surface area contributed by atoms with E-state index >= 15 is 0 Å². The van der Waals surface area contributed by atoms with Gasteiger partial charge in [-0.05, 0) is 72.2 Å². The Morgan fingerprint density at radius 2 is 1.45 bits per heavy atom. The topological polar surface area (TPSA) is 63.6 Å². The van der Waals surface area contributed by atoms with Gasteiger partial charge in [-0.15, -0.1) is 0 Å². The van der Waals surface area contributed by atoms with E-state index in [-0.39, 0.29) is 6.71 Å². The van der Waals surface area contributed by atoms with E-state index in [9.17, 15) is 0 Å². The monoisotopic (exact) mass is 605 g/mol. The number of benzene rings is 3. The summed E-state index contributed by atoms with van der Waals surface area (Å²) < 4.78 is 11.9. The van der Waals surface area contributed by atoms with Crippen molar-refractivity contribution < 1.29 is 9.47 Å². The predicted octanol–water partition coefficient (Wildman–Crippen LogP) is 6.68. The normalized spacial score (nSPS) is 14.3. The summed E-state index contributed by atoms with van der Waals surface area (Å²) >= 11 is 3.48. The highest BCUT2D eigenvalue weighted by molar-refractivity contribution is 8.00. The second-order valence-corrected chi connectivity index (χ2v) is 13.0. The minimum Gasteiger partial charge on any atom is -0.497 e. The summed E-state index contributed by atoms with van der Waals surface area (Å²) in [4.78, 5) is 23.2. The second kappa shape index (κ2) is 9.04. The van der Waals surface area contributed by atoms with Gasteiger partial charge in [-0.2, -0.15) is 0 Å². The molecular formula is C34H20BN5O2S2. The van der Waals surface area contributed by atoms with Crippen molar-refractivity contribution >= 4 is 81.0 Å². The molecule has 3 aromatic heterocycles. The van der Waals surface area contributed by atoms with Crippen LogP contribution in [-0.2, 0) is 0 Å². The molecule has 0 saturated carbocycles. The SMILES string of the molecule is COc1ccc(N2c3ccnc4c3B3c5c(ccnc5Sc5cc(N6c7ccccc7Sc7ccccc76)nc2c53)O4)cc1. The fourth-order valence-corrected chi connectivity index (χ4v) is 8.90. The standard InChI is InChI=1S/C34H20BN5O2S2/c1-41-20-12-10-19(11-13-20)39-23-14-16-36-33-29(23)35-30-24(42-33)15-17-37-34(30)44-27-18-28(38-32(39)31(27)35)40-21-6-2-4-8-25(21)43-26-9-5-3-7-22(26)40/h2-18H,1H3. The maximum atomic E-state index is 6.43. The zero-order valence-electron chi connectivity index (χ0n) is 23.3. The quantitative estimate of drug-likeness (QED) is 0.205. The number of hydrogen-bond acceptors (Lipinski definition) is 9. The number of fused-ring (bicyclic) bond motifs is 2. The summed E-state index contributed by atoms with van der Waals surface area (Å²) in [7, 11) is 1.69. The van der Waals surface area contributed by atoms with Crippen LogP contribution in [0.25, 0.3) is 0 Å². The molecule has 44 heavy (non-hydrogen) atoms. The highest BCUT2D eigenvalue weighted by atomic mass is 32.2. The molecule has 0 unspecified atom stereocenters. The van der Waals surface area contributed by atoms with Crippen molar-refractivity contribution in [2.24, 2.45) is 0 Å². The Balaban J connectivity index is 1.28. The second-order valence-electron chi connectivity index (χ2n) is 10.8. The third kappa shape index (κ3) is 3.29. The lowest BCUT2D eigenvalue weighted by atomic mass is 9.34. The van der Waals surface area contributed by atoms with Crippen molar-refractivity contribution in [3.05, 3.63) is 103 Å². The van der Waals surface area contributed by atoms with Crippen molar-refractivity contribution in [1.29, 1.82) is 0 Å². The van der Waals surface area contributed by atoms with Gasteiger partial charge in [-0.1, -0.05) is 47.8 Å². The van der Waals surface area contributed by atoms with E-state index in [1.165, 1.54) is 9.79 Å². The molecule has 0 N–H and O–H groups in total. The molecule has 0 amide bonds. The Morgan fingerprint density at radius 3 is 2.23 bits per heavy atom. The van der Waals surface area contributed by atoms with E-state index in [4.69, 9.17) is 24.4 Å². The van der Waals surface area contributed by atoms with Crippen molar-refractivity contribution in [1.82, 2.24) is 15.0 Å². The number of para-hydroxylation sites is 2. The molecule has 7 nitrogen and oxygen atoms in total. The molecule has 0 saturated heterocycles. The molecular weight excluding hydrogens is 585 g/mol. The zero-order chi connectivity index (χ0) is 28.9. The maximum Gasteiger partial charge on any atom is 0.265 e. The molecule has 4 aliphatic rings. The Hall–Kier alpha value is -4.93. The van der Waals surface area contributed by atoms with E-state index in [0.717, 1.165) is 72.2 Å². The lowest BCUT2D eigenvalue weighted by Gasteiger charge is -2.42. The molecule has 10 heteroatoms. The minimum absolute atomic E-state index is 0.0834. The number of anilines is 6. The maximum absolute atomic E-state index is 6.43. The summed E-state index contributed by atoms with van der Waals surface area (Å²) in [6.45, 7) is -0.0834. The van der Waals surface area contributed by atoms with E-state index in [1.54, 1.807) is 30.6 Å². The number of rotatable bonds is 3. The van der Waals surface area contributed by atoms with Crippen LogP contribution in [0.4, 0.5) is 34.4 Å². The van der Waals surface area contributed by atoms with Crippen LogP contribution < -0.4 is 35.7 Å². The fraction of sp³-hybridized carbons (Fsp3) is 0.0294. The third-order valence-electron chi connectivity index (χ3n) is 8.56. The van der Waals surface area contributed by atoms with Gasteiger partial charge in [-0.25, -0.2) is 15.0 Å². The molecule has 3 aromatic carbocycles. The van der Waals surface area contributed by atoms with Gasteiger partial charge >= 0.3 is 0 Å². The lowest BCUT2D eigenvalue weighted by Crippen LogP contribution is -2.62. The first-order valence-corrected chi connectivity index (χ1v) is 15.9. The van der Waals surface area contributed by atoms with Crippen LogP contribution in [-0.4, -0.2) is 28.8 Å². The van der Waals surface area contributed by atoms with E-state index in [1.807, 2.05) is 30.6 Å². The Kier molecular flexibility index (Phi) is 5.04. The summed E-state index contributed by atoms with van der Waals surface area (Å²) in [5.74, 6) is 3.97. The number of aromatic nitrogens is 3. The average Bonchev–Trinajstić information content (AvgIpc) is 3.07. The Bertz CT molecular complexity index is 2150. The summed E-state index contributed by atoms with van der Waals surface area (Å²) in [6.07, 6.45) is 3.64. The number of ether oxygens (including phenoxy) is 2. The first-order valence-electron chi connectivity index (χ1n) is 14.3. The summed E-state index contributed by atoms with van der Waals surface area (Å²) in [5, 5.41) is 0.955. The van der Waals surface area contributed by atoms with Crippen LogP contribution in [0.1, 0.15) is 0 Å². The highest BCUT2D eigenvalue weighted by Crippen LogP contribution is 2.52. The molecule has 6 aromatic rings. The molecule has 4 aliphatic heterocycles. The molecule has 0 bridgehead atoms. The number of hydrogen-bond donors (Lipinski definition) is 0. The van der Waals surface area contributed by atoms with Gasteiger partial charge < -0.3 is 9.47 Å². The largest absolute Gasteiger partial charge is 0.497 e. The smallest absolute Gasteiger partial charge is 0.265 e. The van der Waals surface area contributed by atoms with Crippen LogP contribution in [0.5, 0.6) is 17.4 Å². The van der Waals surface area contributed by atoms with Crippen LogP contribution in [0.2, 0.25) is 0 Å². The van der Waals surface area contributed by atoms with E-state index < -0.39 is 0 Å². The van der Waals surface area contributed by atoms with Crippen LogP contribution in [0, 0.1) is 0 Å². The molecule has 0 radical (unpaired) electrons. The van der Waals surface area contributed by atoms with Gasteiger partial charge in [0.05, 0.1) is 23.5 Å². The Labute approximate surface area is 262 Å². The predicted molar refractivity (Wildman–Crippen MR) is 175 cm³/mol. The van der Waals surface area contributed by atoms with Crippen molar-refractivity contribution in [3.8, 4) is 17.4 Å². The fourth-order valence-electron chi connectivity index (χ4n) is 6.71. The molecule has 0 atom stereocenters. The minimum atomic E-state index is -0.0834. The first kappa shape index (κ1) is 24.5. The van der Waals surface area contributed by atoms with Crippen LogP contribution >= 0.6 is 23.5 Å². The lowest BCUT2D eigenvalue weighted by molar-refractivity contribution is 0.415. The summed E-state index contributed by atoms with van der Waals surface area (Å²) in [6, 6.07) is 31.5. The number of pyridine rings is 3. The molecule has 10 rings (SSSR count). The third-order valence-corrected chi connectivity index (χ3v) is 10.8. The molecule has 208 valence electrons. The van der Waals surface area contributed by atoms with E-state index in [0.29, 0.717) is 5.88 Å². The van der Waals surface area contributed by atoms with Crippen LogP contribution in [0.3, 0.4) is 0 Å². The van der Waals surface area contributed by atoms with Gasteiger partial charge in [0.25, 0.3) is 6.71 Å². The average molecular weight is 606 g/mol. The zero-order valence-corrected chi connectivity index (χ0v) is 24.9. The van der Waals surface area contributed by atoms with Gasteiger partial charge in [0.1, 0.15) is 23.1 Å². The van der Waals surface area contributed by atoms with Gasteiger partial charge in [0.15, 0.2) is 0 Å². The molecule has 7 heterocycles. The van der Waals surface area contributed by atoms with E-state index in [2.05, 4.69) is 82.6 Å². The number of nitrogens with zero attached hydrogens (tertiary/aromatic N) is 5.